The number of rotatable bonds is 5. The van der Waals surface area contributed by atoms with Crippen LogP contribution in [0, 0.1) is 0 Å². The number of carbonyl (C=O) groups is 1. The Hall–Kier alpha value is -1.59. The first-order valence-electron chi connectivity index (χ1n) is 9.16. The van der Waals surface area contributed by atoms with Crippen LogP contribution in [0.4, 0.5) is 5.69 Å². The largest absolute Gasteiger partial charge is 0.324 e. The number of nitrogens with one attached hydrogen (secondary N) is 1. The molecule has 4 nitrogen and oxygen atoms in total. The van der Waals surface area contributed by atoms with E-state index >= 15 is 0 Å². The normalized spacial score (nSPS) is 17.1. The minimum atomic E-state index is -0.341. The van der Waals surface area contributed by atoms with E-state index in [1.54, 1.807) is 18.2 Å². The molecule has 1 saturated heterocycles. The number of anilines is 1. The van der Waals surface area contributed by atoms with Crippen molar-refractivity contribution in [2.45, 2.75) is 24.9 Å². The fourth-order valence-electron chi connectivity index (χ4n) is 3.66. The first-order chi connectivity index (χ1) is 12.9. The summed E-state index contributed by atoms with van der Waals surface area (Å²) in [7, 11) is 4.23. The summed E-state index contributed by atoms with van der Waals surface area (Å²) >= 11 is 12.1. The summed E-state index contributed by atoms with van der Waals surface area (Å²) in [5.74, 6) is -0.0668. The van der Waals surface area contributed by atoms with E-state index in [1.807, 2.05) is 30.3 Å². The molecule has 1 aliphatic rings. The summed E-state index contributed by atoms with van der Waals surface area (Å²) in [4.78, 5) is 17.7. The Morgan fingerprint density at radius 3 is 2.22 bits per heavy atom. The molecule has 1 aliphatic heterocycles. The second kappa shape index (κ2) is 9.07. The lowest BCUT2D eigenvalue weighted by Crippen LogP contribution is -2.46. The molecule has 0 aliphatic carbocycles. The predicted octanol–water partition coefficient (Wildman–Crippen LogP) is 4.70. The fraction of sp³-hybridized carbons (Fsp3) is 0.381. The molecule has 2 aromatic carbocycles. The van der Waals surface area contributed by atoms with Gasteiger partial charge in [-0.05, 0) is 50.7 Å². The molecule has 27 heavy (non-hydrogen) atoms. The number of likely N-dealkylation sites (tertiary alicyclic amines) is 1. The van der Waals surface area contributed by atoms with E-state index in [0.29, 0.717) is 21.8 Å². The third kappa shape index (κ3) is 5.23. The van der Waals surface area contributed by atoms with Gasteiger partial charge < -0.3 is 10.2 Å². The Bertz CT molecular complexity index is 754. The van der Waals surface area contributed by atoms with Gasteiger partial charge in [-0.2, -0.15) is 0 Å². The van der Waals surface area contributed by atoms with Gasteiger partial charge in [0.25, 0.3) is 0 Å². The highest BCUT2D eigenvalue weighted by Crippen LogP contribution is 2.29. The summed E-state index contributed by atoms with van der Waals surface area (Å²) < 4.78 is 0. The maximum atomic E-state index is 13.2. The smallest absolute Gasteiger partial charge is 0.246 e. The van der Waals surface area contributed by atoms with Gasteiger partial charge in [0, 0.05) is 34.9 Å². The molecule has 1 amide bonds. The summed E-state index contributed by atoms with van der Waals surface area (Å²) in [5, 5.41) is 4.00. The molecule has 1 N–H and O–H groups in total. The standard InChI is InChI=1S/C21H25Cl2N3O/c1-25(2)19-8-10-26(11-9-19)20(15-6-4-3-5-7-15)21(27)24-18-13-16(22)12-17(23)14-18/h3-7,12-14,19-20H,8-11H2,1-2H3,(H,24,27). The maximum absolute atomic E-state index is 13.2. The lowest BCUT2D eigenvalue weighted by Gasteiger charge is -2.39. The highest BCUT2D eigenvalue weighted by Gasteiger charge is 2.31. The molecule has 1 fully saturated rings. The van der Waals surface area contributed by atoms with Crippen molar-refractivity contribution in [2.75, 3.05) is 32.5 Å². The number of hydrogen-bond acceptors (Lipinski definition) is 3. The summed E-state index contributed by atoms with van der Waals surface area (Å²) in [6.45, 7) is 1.76. The zero-order valence-corrected chi connectivity index (χ0v) is 17.2. The molecule has 0 saturated carbocycles. The van der Waals surface area contributed by atoms with Crippen LogP contribution in [0.1, 0.15) is 24.4 Å². The Labute approximate surface area is 171 Å². The van der Waals surface area contributed by atoms with E-state index < -0.39 is 0 Å². The van der Waals surface area contributed by atoms with E-state index in [2.05, 4.69) is 29.2 Å². The lowest BCUT2D eigenvalue weighted by atomic mass is 9.98. The molecule has 0 aromatic heterocycles. The van der Waals surface area contributed by atoms with Crippen LogP contribution in [-0.4, -0.2) is 48.9 Å². The molecule has 1 heterocycles. The Kier molecular flexibility index (Phi) is 6.77. The zero-order chi connectivity index (χ0) is 19.4. The van der Waals surface area contributed by atoms with Gasteiger partial charge in [-0.3, -0.25) is 9.69 Å². The van der Waals surface area contributed by atoms with Gasteiger partial charge in [0.2, 0.25) is 5.91 Å². The van der Waals surface area contributed by atoms with E-state index in [1.165, 1.54) is 0 Å². The van der Waals surface area contributed by atoms with Crippen LogP contribution in [-0.2, 0) is 4.79 Å². The van der Waals surface area contributed by atoms with Crippen molar-refractivity contribution in [3.05, 3.63) is 64.1 Å². The van der Waals surface area contributed by atoms with Gasteiger partial charge in [-0.25, -0.2) is 0 Å². The minimum Gasteiger partial charge on any atom is -0.324 e. The van der Waals surface area contributed by atoms with Crippen molar-refractivity contribution < 1.29 is 4.79 Å². The van der Waals surface area contributed by atoms with Gasteiger partial charge in [0.05, 0.1) is 0 Å². The quantitative estimate of drug-likeness (QED) is 0.782. The second-order valence-electron chi connectivity index (χ2n) is 7.19. The molecule has 0 bridgehead atoms. The van der Waals surface area contributed by atoms with Crippen LogP contribution < -0.4 is 5.32 Å². The summed E-state index contributed by atoms with van der Waals surface area (Å²) in [5.41, 5.74) is 1.60. The summed E-state index contributed by atoms with van der Waals surface area (Å²) in [6.07, 6.45) is 2.10. The van der Waals surface area contributed by atoms with Gasteiger partial charge in [-0.1, -0.05) is 53.5 Å². The molecule has 0 radical (unpaired) electrons. The van der Waals surface area contributed by atoms with Crippen LogP contribution >= 0.6 is 23.2 Å². The van der Waals surface area contributed by atoms with Crippen molar-refractivity contribution in [1.29, 1.82) is 0 Å². The molecular formula is C21H25Cl2N3O. The predicted molar refractivity (Wildman–Crippen MR) is 113 cm³/mol. The van der Waals surface area contributed by atoms with Crippen molar-refractivity contribution in [1.82, 2.24) is 9.80 Å². The molecule has 1 unspecified atom stereocenters. The number of hydrogen-bond donors (Lipinski definition) is 1. The molecule has 1 atom stereocenters. The van der Waals surface area contributed by atoms with Gasteiger partial charge in [0.1, 0.15) is 6.04 Å². The molecular weight excluding hydrogens is 381 g/mol. The monoisotopic (exact) mass is 405 g/mol. The number of amides is 1. The second-order valence-corrected chi connectivity index (χ2v) is 8.06. The zero-order valence-electron chi connectivity index (χ0n) is 15.7. The molecule has 6 heteroatoms. The third-order valence-corrected chi connectivity index (χ3v) is 5.52. The Balaban J connectivity index is 1.81. The van der Waals surface area contributed by atoms with Gasteiger partial charge >= 0.3 is 0 Å². The van der Waals surface area contributed by atoms with Gasteiger partial charge in [-0.15, -0.1) is 0 Å². The third-order valence-electron chi connectivity index (χ3n) is 5.09. The number of halogens is 2. The van der Waals surface area contributed by atoms with Crippen molar-refractivity contribution in [3.63, 3.8) is 0 Å². The van der Waals surface area contributed by atoms with E-state index in [-0.39, 0.29) is 11.9 Å². The fourth-order valence-corrected chi connectivity index (χ4v) is 4.19. The number of piperidine rings is 1. The molecule has 2 aromatic rings. The van der Waals surface area contributed by atoms with Crippen molar-refractivity contribution >= 4 is 34.8 Å². The number of nitrogens with zero attached hydrogens (tertiary/aromatic N) is 2. The average Bonchev–Trinajstić information content (AvgIpc) is 2.62. The highest BCUT2D eigenvalue weighted by atomic mass is 35.5. The first-order valence-corrected chi connectivity index (χ1v) is 9.92. The van der Waals surface area contributed by atoms with E-state index in [9.17, 15) is 4.79 Å². The molecule has 144 valence electrons. The van der Waals surface area contributed by atoms with Crippen LogP contribution in [0.15, 0.2) is 48.5 Å². The highest BCUT2D eigenvalue weighted by molar-refractivity contribution is 6.35. The SMILES string of the molecule is CN(C)C1CCN(C(C(=O)Nc2cc(Cl)cc(Cl)c2)c2ccccc2)CC1. The van der Waals surface area contributed by atoms with Crippen molar-refractivity contribution in [2.24, 2.45) is 0 Å². The Morgan fingerprint density at radius 2 is 1.67 bits per heavy atom. The average molecular weight is 406 g/mol. The van der Waals surface area contributed by atoms with Crippen LogP contribution in [0.25, 0.3) is 0 Å². The molecule has 0 spiro atoms. The van der Waals surface area contributed by atoms with E-state index in [0.717, 1.165) is 31.5 Å². The topological polar surface area (TPSA) is 35.6 Å². The number of benzene rings is 2. The van der Waals surface area contributed by atoms with Crippen LogP contribution in [0.3, 0.4) is 0 Å². The lowest BCUT2D eigenvalue weighted by molar-refractivity contribution is -0.122. The van der Waals surface area contributed by atoms with Crippen molar-refractivity contribution in [3.8, 4) is 0 Å². The van der Waals surface area contributed by atoms with Crippen LogP contribution in [0.2, 0.25) is 10.0 Å². The maximum Gasteiger partial charge on any atom is 0.246 e. The molecule has 3 rings (SSSR count). The van der Waals surface area contributed by atoms with E-state index in [4.69, 9.17) is 23.2 Å². The number of carbonyl (C=O) groups excluding carboxylic acids is 1. The van der Waals surface area contributed by atoms with Crippen LogP contribution in [0.5, 0.6) is 0 Å². The minimum absolute atomic E-state index is 0.0668. The van der Waals surface area contributed by atoms with Gasteiger partial charge in [0.15, 0.2) is 0 Å². The summed E-state index contributed by atoms with van der Waals surface area (Å²) in [6, 6.07) is 15.2. The first kappa shape index (κ1) is 20.2. The Morgan fingerprint density at radius 1 is 1.07 bits per heavy atom.